The average molecular weight is 381 g/mol. The van der Waals surface area contributed by atoms with Gasteiger partial charge in [0.2, 0.25) is 0 Å². The van der Waals surface area contributed by atoms with Crippen LogP contribution in [0.2, 0.25) is 0 Å². The van der Waals surface area contributed by atoms with Gasteiger partial charge in [0.05, 0.1) is 23.9 Å². The van der Waals surface area contributed by atoms with Crippen LogP contribution in [0.4, 0.5) is 13.2 Å². The Labute approximate surface area is 155 Å². The SMILES string of the molecule is CC(C)(O)c1cc([C@@]2(CN)OCC[C@H]2O)c(F)c(-c2ccc(F)cc2)c1F. The fraction of sp³-hybridized carbons (Fsp3) is 0.400. The number of rotatable bonds is 4. The van der Waals surface area contributed by atoms with Crippen LogP contribution in [-0.2, 0) is 15.9 Å². The molecule has 1 fully saturated rings. The van der Waals surface area contributed by atoms with Crippen LogP contribution in [-0.4, -0.2) is 29.5 Å². The van der Waals surface area contributed by atoms with Gasteiger partial charge in [0.15, 0.2) is 0 Å². The lowest BCUT2D eigenvalue weighted by Gasteiger charge is -2.33. The summed E-state index contributed by atoms with van der Waals surface area (Å²) in [6, 6.07) is 5.82. The van der Waals surface area contributed by atoms with Crippen molar-refractivity contribution in [3.05, 3.63) is 58.9 Å². The van der Waals surface area contributed by atoms with Crippen LogP contribution < -0.4 is 5.73 Å². The number of hydrogen-bond acceptors (Lipinski definition) is 4. The second kappa shape index (κ2) is 6.91. The Balaban J connectivity index is 2.35. The molecule has 2 atom stereocenters. The fourth-order valence-electron chi connectivity index (χ4n) is 3.50. The Morgan fingerprint density at radius 1 is 1.19 bits per heavy atom. The van der Waals surface area contributed by atoms with Gasteiger partial charge in [-0.25, -0.2) is 13.2 Å². The summed E-state index contributed by atoms with van der Waals surface area (Å²) in [6.45, 7) is 2.66. The number of hydrogen-bond donors (Lipinski definition) is 3. The molecule has 0 radical (unpaired) electrons. The Hall–Kier alpha value is -1.93. The van der Waals surface area contributed by atoms with Crippen molar-refractivity contribution in [3.63, 3.8) is 0 Å². The van der Waals surface area contributed by atoms with E-state index in [2.05, 4.69) is 0 Å². The molecule has 3 rings (SSSR count). The molecule has 0 spiro atoms. The summed E-state index contributed by atoms with van der Waals surface area (Å²) in [6.07, 6.45) is -0.837. The topological polar surface area (TPSA) is 75.7 Å². The third-order valence-electron chi connectivity index (χ3n) is 5.04. The molecule has 1 aliphatic heterocycles. The first kappa shape index (κ1) is 19.8. The molecule has 2 aromatic rings. The largest absolute Gasteiger partial charge is 0.390 e. The van der Waals surface area contributed by atoms with Crippen molar-refractivity contribution in [2.45, 2.75) is 37.6 Å². The van der Waals surface area contributed by atoms with E-state index >= 15 is 8.78 Å². The van der Waals surface area contributed by atoms with Crippen molar-refractivity contribution < 1.29 is 28.1 Å². The molecule has 0 aliphatic carbocycles. The van der Waals surface area contributed by atoms with Crippen LogP contribution >= 0.6 is 0 Å². The lowest BCUT2D eigenvalue weighted by molar-refractivity contribution is -0.0583. The van der Waals surface area contributed by atoms with Gasteiger partial charge in [0, 0.05) is 17.7 Å². The molecule has 146 valence electrons. The van der Waals surface area contributed by atoms with Crippen LogP contribution in [0.5, 0.6) is 0 Å². The minimum atomic E-state index is -1.64. The Morgan fingerprint density at radius 3 is 2.30 bits per heavy atom. The van der Waals surface area contributed by atoms with Gasteiger partial charge in [-0.15, -0.1) is 0 Å². The summed E-state index contributed by atoms with van der Waals surface area (Å²) < 4.78 is 49.5. The average Bonchev–Trinajstić information content (AvgIpc) is 2.97. The highest BCUT2D eigenvalue weighted by Crippen LogP contribution is 2.43. The Bertz CT molecular complexity index is 849. The van der Waals surface area contributed by atoms with Gasteiger partial charge in [-0.05, 0) is 44.0 Å². The maximum absolute atomic E-state index is 15.5. The highest BCUT2D eigenvalue weighted by Gasteiger charge is 2.47. The number of benzene rings is 2. The van der Waals surface area contributed by atoms with Crippen molar-refractivity contribution >= 4 is 0 Å². The van der Waals surface area contributed by atoms with Crippen LogP contribution in [0.3, 0.4) is 0 Å². The molecule has 27 heavy (non-hydrogen) atoms. The zero-order valence-corrected chi connectivity index (χ0v) is 15.1. The minimum Gasteiger partial charge on any atom is -0.390 e. The molecule has 1 saturated heterocycles. The number of ether oxygens (including phenoxy) is 1. The molecular weight excluding hydrogens is 359 g/mol. The highest BCUT2D eigenvalue weighted by atomic mass is 19.1. The summed E-state index contributed by atoms with van der Waals surface area (Å²) >= 11 is 0. The van der Waals surface area contributed by atoms with Crippen molar-refractivity contribution in [3.8, 4) is 11.1 Å². The highest BCUT2D eigenvalue weighted by molar-refractivity contribution is 5.68. The number of nitrogens with two attached hydrogens (primary N) is 1. The third-order valence-corrected chi connectivity index (χ3v) is 5.04. The predicted molar refractivity (Wildman–Crippen MR) is 94.3 cm³/mol. The van der Waals surface area contributed by atoms with E-state index in [4.69, 9.17) is 10.5 Å². The van der Waals surface area contributed by atoms with E-state index in [1.54, 1.807) is 0 Å². The first-order valence-corrected chi connectivity index (χ1v) is 8.65. The molecule has 0 unspecified atom stereocenters. The molecule has 4 N–H and O–H groups in total. The van der Waals surface area contributed by atoms with E-state index in [0.717, 1.165) is 18.2 Å². The van der Waals surface area contributed by atoms with Crippen molar-refractivity contribution in [1.82, 2.24) is 0 Å². The summed E-state index contributed by atoms with van der Waals surface area (Å²) in [5.41, 5.74) is 1.98. The van der Waals surface area contributed by atoms with E-state index < -0.39 is 40.3 Å². The molecule has 0 amide bonds. The van der Waals surface area contributed by atoms with Gasteiger partial charge in [-0.1, -0.05) is 12.1 Å². The van der Waals surface area contributed by atoms with Crippen LogP contribution in [0.25, 0.3) is 11.1 Å². The maximum atomic E-state index is 15.5. The summed E-state index contributed by atoms with van der Waals surface area (Å²) in [7, 11) is 0. The molecular formula is C20H22F3NO3. The van der Waals surface area contributed by atoms with Gasteiger partial charge in [-0.3, -0.25) is 0 Å². The quantitative estimate of drug-likeness (QED) is 0.761. The predicted octanol–water partition coefficient (Wildman–Crippen LogP) is 2.93. The van der Waals surface area contributed by atoms with Gasteiger partial charge < -0.3 is 20.7 Å². The van der Waals surface area contributed by atoms with Gasteiger partial charge in [-0.2, -0.15) is 0 Å². The molecule has 1 aliphatic rings. The molecule has 1 heterocycles. The summed E-state index contributed by atoms with van der Waals surface area (Å²) in [5, 5.41) is 20.8. The fourth-order valence-corrected chi connectivity index (χ4v) is 3.50. The third kappa shape index (κ3) is 3.25. The van der Waals surface area contributed by atoms with E-state index in [-0.39, 0.29) is 36.3 Å². The van der Waals surface area contributed by atoms with Crippen molar-refractivity contribution in [2.75, 3.05) is 13.2 Å². The Kier molecular flexibility index (Phi) is 5.07. The molecule has 0 saturated carbocycles. The van der Waals surface area contributed by atoms with E-state index in [0.29, 0.717) is 0 Å². The monoisotopic (exact) mass is 381 g/mol. The van der Waals surface area contributed by atoms with Crippen molar-refractivity contribution in [2.24, 2.45) is 5.73 Å². The second-order valence-electron chi connectivity index (χ2n) is 7.29. The second-order valence-corrected chi connectivity index (χ2v) is 7.29. The minimum absolute atomic E-state index is 0.0957. The van der Waals surface area contributed by atoms with Gasteiger partial charge >= 0.3 is 0 Å². The standard InChI is InChI=1S/C20H22F3NO3/c1-19(2,26)13-9-14(20(10-24)15(25)7-8-27-20)18(23)16(17(13)22)11-3-5-12(21)6-4-11/h3-6,9,15,25-26H,7-8,10,24H2,1-2H3/t15-,20-/m1/s1. The first-order chi connectivity index (χ1) is 12.6. The summed E-state index contributed by atoms with van der Waals surface area (Å²) in [5.74, 6) is -2.47. The van der Waals surface area contributed by atoms with Crippen molar-refractivity contribution in [1.29, 1.82) is 0 Å². The van der Waals surface area contributed by atoms with Crippen LogP contribution in [0.15, 0.2) is 30.3 Å². The van der Waals surface area contributed by atoms with E-state index in [9.17, 15) is 14.6 Å². The Morgan fingerprint density at radius 2 is 1.81 bits per heavy atom. The molecule has 0 bridgehead atoms. The summed E-state index contributed by atoms with van der Waals surface area (Å²) in [4.78, 5) is 0. The molecule has 2 aromatic carbocycles. The lowest BCUT2D eigenvalue weighted by Crippen LogP contribution is -2.44. The first-order valence-electron chi connectivity index (χ1n) is 8.65. The maximum Gasteiger partial charge on any atom is 0.140 e. The normalized spacial score (nSPS) is 23.0. The smallest absolute Gasteiger partial charge is 0.140 e. The number of halogens is 3. The zero-order chi connectivity index (χ0) is 20.0. The van der Waals surface area contributed by atoms with Crippen LogP contribution in [0, 0.1) is 17.5 Å². The van der Waals surface area contributed by atoms with Gasteiger partial charge in [0.1, 0.15) is 23.1 Å². The molecule has 7 heteroatoms. The number of aliphatic hydroxyl groups is 2. The van der Waals surface area contributed by atoms with E-state index in [1.165, 1.54) is 26.0 Å². The molecule has 0 aromatic heterocycles. The molecule has 4 nitrogen and oxygen atoms in total. The van der Waals surface area contributed by atoms with Gasteiger partial charge in [0.25, 0.3) is 0 Å². The number of aliphatic hydroxyl groups excluding tert-OH is 1. The van der Waals surface area contributed by atoms with Crippen LogP contribution in [0.1, 0.15) is 31.4 Å². The zero-order valence-electron chi connectivity index (χ0n) is 15.1. The lowest BCUT2D eigenvalue weighted by atomic mass is 9.82. The van der Waals surface area contributed by atoms with E-state index in [1.807, 2.05) is 0 Å².